The summed E-state index contributed by atoms with van der Waals surface area (Å²) in [5.74, 6) is -0.242. The summed E-state index contributed by atoms with van der Waals surface area (Å²) in [6.07, 6.45) is -0.643. The van der Waals surface area contributed by atoms with E-state index in [-0.39, 0.29) is 17.1 Å². The third-order valence-corrected chi connectivity index (χ3v) is 5.65. The van der Waals surface area contributed by atoms with Gasteiger partial charge in [-0.2, -0.15) is 0 Å². The van der Waals surface area contributed by atoms with Gasteiger partial charge >= 0.3 is 5.97 Å². The second-order valence-electron chi connectivity index (χ2n) is 6.89. The molecule has 7 nitrogen and oxygen atoms in total. The van der Waals surface area contributed by atoms with Gasteiger partial charge < -0.3 is 14.8 Å². The molecule has 0 spiro atoms. The molecule has 0 saturated carbocycles. The maximum atomic E-state index is 12.2. The van der Waals surface area contributed by atoms with Gasteiger partial charge in [-0.25, -0.2) is 13.2 Å². The van der Waals surface area contributed by atoms with Crippen molar-refractivity contribution in [1.29, 1.82) is 0 Å². The third kappa shape index (κ3) is 6.01. The Bertz CT molecular complexity index is 759. The highest BCUT2D eigenvalue weighted by Crippen LogP contribution is 2.16. The number of carbonyl (C=O) groups excluding carboxylic acids is 2. The minimum Gasteiger partial charge on any atom is -0.493 e. The molecule has 2 atom stereocenters. The van der Waals surface area contributed by atoms with Crippen LogP contribution in [-0.4, -0.2) is 50.6 Å². The average molecular weight is 383 g/mol. The molecule has 1 amide bonds. The van der Waals surface area contributed by atoms with Crippen LogP contribution in [0, 0.1) is 5.92 Å². The zero-order valence-corrected chi connectivity index (χ0v) is 16.0. The first-order valence-electron chi connectivity index (χ1n) is 8.61. The van der Waals surface area contributed by atoms with Crippen LogP contribution in [0.2, 0.25) is 0 Å². The van der Waals surface area contributed by atoms with Gasteiger partial charge in [0.05, 0.1) is 23.7 Å². The number of hydrogen-bond donors (Lipinski definition) is 1. The van der Waals surface area contributed by atoms with Gasteiger partial charge in [0, 0.05) is 6.04 Å². The molecule has 1 aliphatic rings. The second-order valence-corrected chi connectivity index (χ2v) is 9.12. The van der Waals surface area contributed by atoms with Gasteiger partial charge in [-0.05, 0) is 37.5 Å². The second kappa shape index (κ2) is 8.53. The number of esters is 1. The molecule has 1 aromatic rings. The quantitative estimate of drug-likeness (QED) is 0.718. The van der Waals surface area contributed by atoms with Crippen LogP contribution in [0.3, 0.4) is 0 Å². The van der Waals surface area contributed by atoms with Crippen molar-refractivity contribution >= 4 is 21.7 Å². The van der Waals surface area contributed by atoms with Gasteiger partial charge in [-0.15, -0.1) is 0 Å². The lowest BCUT2D eigenvalue weighted by Crippen LogP contribution is -2.42. The van der Waals surface area contributed by atoms with Crippen molar-refractivity contribution < 1.29 is 27.5 Å². The summed E-state index contributed by atoms with van der Waals surface area (Å²) >= 11 is 0. The van der Waals surface area contributed by atoms with Crippen molar-refractivity contribution in [1.82, 2.24) is 5.32 Å². The lowest BCUT2D eigenvalue weighted by molar-refractivity contribution is -0.129. The Morgan fingerprint density at radius 3 is 2.62 bits per heavy atom. The molecule has 0 aromatic heterocycles. The van der Waals surface area contributed by atoms with Gasteiger partial charge in [0.1, 0.15) is 5.75 Å². The van der Waals surface area contributed by atoms with Crippen molar-refractivity contribution in [3.63, 3.8) is 0 Å². The number of rotatable bonds is 7. The normalized spacial score (nSPS) is 19.8. The Morgan fingerprint density at radius 2 is 2.00 bits per heavy atom. The first kappa shape index (κ1) is 20.2. The molecule has 1 heterocycles. The predicted molar refractivity (Wildman–Crippen MR) is 96.9 cm³/mol. The minimum absolute atomic E-state index is 0.0648. The molecule has 144 valence electrons. The summed E-state index contributed by atoms with van der Waals surface area (Å²) in [4.78, 5) is 24.3. The Kier molecular flexibility index (Phi) is 6.63. The van der Waals surface area contributed by atoms with Gasteiger partial charge in [-0.1, -0.05) is 19.9 Å². The molecule has 0 unspecified atom stereocenters. The van der Waals surface area contributed by atoms with Crippen LogP contribution < -0.4 is 10.1 Å². The van der Waals surface area contributed by atoms with Crippen LogP contribution in [0.4, 0.5) is 0 Å². The van der Waals surface area contributed by atoms with Crippen molar-refractivity contribution in [2.75, 3.05) is 18.1 Å². The number of sulfone groups is 1. The van der Waals surface area contributed by atoms with E-state index >= 15 is 0 Å². The Hall–Kier alpha value is -2.09. The van der Waals surface area contributed by atoms with E-state index in [2.05, 4.69) is 5.32 Å². The van der Waals surface area contributed by atoms with Crippen molar-refractivity contribution in [2.45, 2.75) is 39.3 Å². The van der Waals surface area contributed by atoms with E-state index in [1.165, 1.54) is 6.92 Å². The fourth-order valence-corrected chi connectivity index (χ4v) is 4.16. The summed E-state index contributed by atoms with van der Waals surface area (Å²) < 4.78 is 33.6. The van der Waals surface area contributed by atoms with Crippen LogP contribution in [0.25, 0.3) is 0 Å². The van der Waals surface area contributed by atoms with Crippen LogP contribution in [0.1, 0.15) is 37.6 Å². The van der Waals surface area contributed by atoms with Crippen LogP contribution >= 0.6 is 0 Å². The van der Waals surface area contributed by atoms with E-state index in [4.69, 9.17) is 9.47 Å². The summed E-state index contributed by atoms with van der Waals surface area (Å²) in [7, 11) is -3.09. The Labute approximate surface area is 154 Å². The SMILES string of the molecule is CC(C)COc1cccc(C(=O)O[C@@H](C)C(=O)N[C@@H]2CCS(=O)(=O)C2)c1. The van der Waals surface area contributed by atoms with Crippen molar-refractivity contribution in [3.8, 4) is 5.75 Å². The lowest BCUT2D eigenvalue weighted by atomic mass is 10.2. The van der Waals surface area contributed by atoms with Gasteiger partial charge in [-0.3, -0.25) is 4.79 Å². The molecule has 1 fully saturated rings. The zero-order chi connectivity index (χ0) is 19.3. The maximum absolute atomic E-state index is 12.2. The van der Waals surface area contributed by atoms with Gasteiger partial charge in [0.2, 0.25) is 0 Å². The molecule has 1 N–H and O–H groups in total. The summed E-state index contributed by atoms with van der Waals surface area (Å²) in [5, 5.41) is 2.62. The summed E-state index contributed by atoms with van der Waals surface area (Å²) in [6.45, 7) is 6.03. The number of carbonyl (C=O) groups is 2. The number of hydrogen-bond acceptors (Lipinski definition) is 6. The monoisotopic (exact) mass is 383 g/mol. The zero-order valence-electron chi connectivity index (χ0n) is 15.2. The van der Waals surface area contributed by atoms with Gasteiger partial charge in [0.25, 0.3) is 5.91 Å². The van der Waals surface area contributed by atoms with E-state index in [0.29, 0.717) is 24.7 Å². The highest BCUT2D eigenvalue weighted by atomic mass is 32.2. The van der Waals surface area contributed by atoms with Crippen molar-refractivity contribution in [3.05, 3.63) is 29.8 Å². The molecule has 2 rings (SSSR count). The van der Waals surface area contributed by atoms with Gasteiger partial charge in [0.15, 0.2) is 15.9 Å². The molecule has 1 aliphatic heterocycles. The number of benzene rings is 1. The molecule has 1 aromatic carbocycles. The molecule has 1 saturated heterocycles. The van der Waals surface area contributed by atoms with E-state index in [1.807, 2.05) is 13.8 Å². The maximum Gasteiger partial charge on any atom is 0.339 e. The average Bonchev–Trinajstić information content (AvgIpc) is 2.91. The lowest BCUT2D eigenvalue weighted by Gasteiger charge is -2.17. The first-order valence-corrected chi connectivity index (χ1v) is 10.4. The number of ether oxygens (including phenoxy) is 2. The minimum atomic E-state index is -3.09. The smallest absolute Gasteiger partial charge is 0.339 e. The topological polar surface area (TPSA) is 98.8 Å². The van der Waals surface area contributed by atoms with E-state index in [0.717, 1.165) is 0 Å². The predicted octanol–water partition coefficient (Wildman–Crippen LogP) is 1.57. The van der Waals surface area contributed by atoms with E-state index < -0.39 is 33.9 Å². The van der Waals surface area contributed by atoms with E-state index in [9.17, 15) is 18.0 Å². The summed E-state index contributed by atoms with van der Waals surface area (Å²) in [6, 6.07) is 6.15. The number of nitrogens with one attached hydrogen (secondary N) is 1. The fourth-order valence-electron chi connectivity index (χ4n) is 2.49. The van der Waals surface area contributed by atoms with Crippen LogP contribution in [-0.2, 0) is 19.4 Å². The third-order valence-electron chi connectivity index (χ3n) is 3.88. The molecule has 0 bridgehead atoms. The van der Waals surface area contributed by atoms with Crippen LogP contribution in [0.5, 0.6) is 5.75 Å². The van der Waals surface area contributed by atoms with E-state index in [1.54, 1.807) is 24.3 Å². The summed E-state index contributed by atoms with van der Waals surface area (Å²) in [5.41, 5.74) is 0.286. The molecular formula is C18H25NO6S. The first-order chi connectivity index (χ1) is 12.2. The highest BCUT2D eigenvalue weighted by Gasteiger charge is 2.30. The Balaban J connectivity index is 1.90. The largest absolute Gasteiger partial charge is 0.493 e. The van der Waals surface area contributed by atoms with Crippen molar-refractivity contribution in [2.24, 2.45) is 5.92 Å². The van der Waals surface area contributed by atoms with Crippen LogP contribution in [0.15, 0.2) is 24.3 Å². The highest BCUT2D eigenvalue weighted by molar-refractivity contribution is 7.91. The molecule has 0 aliphatic carbocycles. The molecule has 0 radical (unpaired) electrons. The Morgan fingerprint density at radius 1 is 1.27 bits per heavy atom. The molecule has 26 heavy (non-hydrogen) atoms. The number of amides is 1. The molecular weight excluding hydrogens is 358 g/mol. The molecule has 8 heteroatoms. The standard InChI is InChI=1S/C18H25NO6S/c1-12(2)10-24-16-6-4-5-14(9-16)18(21)25-13(3)17(20)19-15-7-8-26(22,23)11-15/h4-6,9,12-13,15H,7-8,10-11H2,1-3H3,(H,19,20)/t13-,15+/m0/s1. The fraction of sp³-hybridized carbons (Fsp3) is 0.556.